The zero-order valence-corrected chi connectivity index (χ0v) is 8.00. The standard InChI is InChI=1S/C9H10F2N2O2/c1-4-5(2-7(14)15)8(9(10)11)6(12)3-13-4/h3,9H,2,12H2,1H3,(H,14,15). The van der Waals surface area contributed by atoms with Gasteiger partial charge in [-0.05, 0) is 12.5 Å². The number of pyridine rings is 1. The van der Waals surface area contributed by atoms with Crippen LogP contribution in [-0.4, -0.2) is 16.1 Å². The van der Waals surface area contributed by atoms with E-state index in [2.05, 4.69) is 4.98 Å². The molecule has 0 spiro atoms. The van der Waals surface area contributed by atoms with Gasteiger partial charge in [0.1, 0.15) is 0 Å². The Hall–Kier alpha value is -1.72. The maximum Gasteiger partial charge on any atom is 0.307 e. The summed E-state index contributed by atoms with van der Waals surface area (Å²) in [4.78, 5) is 14.2. The largest absolute Gasteiger partial charge is 0.481 e. The maximum absolute atomic E-state index is 12.6. The second-order valence-electron chi connectivity index (χ2n) is 3.06. The zero-order chi connectivity index (χ0) is 11.6. The van der Waals surface area contributed by atoms with Crippen molar-refractivity contribution in [2.45, 2.75) is 19.8 Å². The minimum atomic E-state index is -2.79. The van der Waals surface area contributed by atoms with Crippen molar-refractivity contribution < 1.29 is 18.7 Å². The number of carboxylic acids is 1. The van der Waals surface area contributed by atoms with Gasteiger partial charge in [0, 0.05) is 11.3 Å². The summed E-state index contributed by atoms with van der Waals surface area (Å²) in [5, 5.41) is 8.57. The van der Waals surface area contributed by atoms with Crippen molar-refractivity contribution in [3.05, 3.63) is 23.0 Å². The first kappa shape index (κ1) is 11.4. The van der Waals surface area contributed by atoms with Gasteiger partial charge < -0.3 is 10.8 Å². The van der Waals surface area contributed by atoms with Gasteiger partial charge >= 0.3 is 5.97 Å². The Balaban J connectivity index is 3.31. The van der Waals surface area contributed by atoms with E-state index in [9.17, 15) is 13.6 Å². The molecule has 0 bridgehead atoms. The number of aromatic nitrogens is 1. The van der Waals surface area contributed by atoms with E-state index in [4.69, 9.17) is 10.8 Å². The molecule has 0 aliphatic heterocycles. The van der Waals surface area contributed by atoms with Crippen LogP contribution in [-0.2, 0) is 11.2 Å². The van der Waals surface area contributed by atoms with Crippen LogP contribution in [0.1, 0.15) is 23.2 Å². The molecule has 6 heteroatoms. The molecule has 0 radical (unpaired) electrons. The maximum atomic E-state index is 12.6. The Morgan fingerprint density at radius 1 is 1.67 bits per heavy atom. The lowest BCUT2D eigenvalue weighted by Gasteiger charge is -2.11. The third kappa shape index (κ3) is 2.39. The first-order valence-electron chi connectivity index (χ1n) is 4.17. The molecule has 0 aliphatic rings. The molecular weight excluding hydrogens is 206 g/mol. The molecule has 0 fully saturated rings. The molecule has 1 rings (SSSR count). The second-order valence-corrected chi connectivity index (χ2v) is 3.06. The molecule has 15 heavy (non-hydrogen) atoms. The Kier molecular flexibility index (Phi) is 3.18. The van der Waals surface area contributed by atoms with Crippen molar-refractivity contribution in [2.75, 3.05) is 5.73 Å². The van der Waals surface area contributed by atoms with Gasteiger partial charge in [-0.1, -0.05) is 0 Å². The number of hydrogen-bond acceptors (Lipinski definition) is 3. The molecule has 1 heterocycles. The van der Waals surface area contributed by atoms with Crippen LogP contribution in [0.5, 0.6) is 0 Å². The highest BCUT2D eigenvalue weighted by Crippen LogP contribution is 2.29. The van der Waals surface area contributed by atoms with Crippen LogP contribution >= 0.6 is 0 Å². The number of aliphatic carboxylic acids is 1. The molecule has 0 atom stereocenters. The van der Waals surface area contributed by atoms with E-state index < -0.39 is 24.4 Å². The third-order valence-electron chi connectivity index (χ3n) is 2.02. The SMILES string of the molecule is Cc1ncc(N)c(C(F)F)c1CC(=O)O. The van der Waals surface area contributed by atoms with Gasteiger partial charge in [-0.2, -0.15) is 0 Å². The number of carboxylic acid groups (broad SMARTS) is 1. The number of halogens is 2. The van der Waals surface area contributed by atoms with E-state index in [1.807, 2.05) is 0 Å². The number of anilines is 1. The number of aryl methyl sites for hydroxylation is 1. The first-order valence-corrected chi connectivity index (χ1v) is 4.17. The number of nitrogens with zero attached hydrogens (tertiary/aromatic N) is 1. The molecule has 1 aromatic heterocycles. The average molecular weight is 216 g/mol. The van der Waals surface area contributed by atoms with E-state index in [-0.39, 0.29) is 16.9 Å². The van der Waals surface area contributed by atoms with E-state index in [1.165, 1.54) is 6.92 Å². The summed E-state index contributed by atoms with van der Waals surface area (Å²) in [5.74, 6) is -1.19. The number of rotatable bonds is 3. The molecule has 1 aromatic rings. The lowest BCUT2D eigenvalue weighted by Crippen LogP contribution is -2.10. The van der Waals surface area contributed by atoms with E-state index >= 15 is 0 Å². The molecule has 82 valence electrons. The van der Waals surface area contributed by atoms with Crippen molar-refractivity contribution >= 4 is 11.7 Å². The Morgan fingerprint density at radius 2 is 2.27 bits per heavy atom. The molecule has 0 aliphatic carbocycles. The van der Waals surface area contributed by atoms with Crippen LogP contribution in [0.4, 0.5) is 14.5 Å². The average Bonchev–Trinajstić information content (AvgIpc) is 2.10. The molecule has 0 saturated carbocycles. The monoisotopic (exact) mass is 216 g/mol. The number of carbonyl (C=O) groups is 1. The van der Waals surface area contributed by atoms with Crippen LogP contribution in [0, 0.1) is 6.92 Å². The minimum absolute atomic E-state index is 0.00231. The zero-order valence-electron chi connectivity index (χ0n) is 8.00. The lowest BCUT2D eigenvalue weighted by atomic mass is 10.0. The summed E-state index contributed by atoms with van der Waals surface area (Å²) < 4.78 is 25.2. The summed E-state index contributed by atoms with van der Waals surface area (Å²) in [6, 6.07) is 0. The van der Waals surface area contributed by atoms with E-state index in [0.717, 1.165) is 6.20 Å². The topological polar surface area (TPSA) is 76.2 Å². The Bertz CT molecular complexity index is 394. The lowest BCUT2D eigenvalue weighted by molar-refractivity contribution is -0.136. The molecule has 0 amide bonds. The van der Waals surface area contributed by atoms with Crippen molar-refractivity contribution in [2.24, 2.45) is 0 Å². The fourth-order valence-electron chi connectivity index (χ4n) is 1.32. The molecule has 3 N–H and O–H groups in total. The van der Waals surface area contributed by atoms with Crippen molar-refractivity contribution in [3.8, 4) is 0 Å². The third-order valence-corrected chi connectivity index (χ3v) is 2.02. The van der Waals surface area contributed by atoms with Crippen molar-refractivity contribution in [1.82, 2.24) is 4.98 Å². The fraction of sp³-hybridized carbons (Fsp3) is 0.333. The number of nitrogen functional groups attached to an aromatic ring is 1. The number of hydrogen-bond donors (Lipinski definition) is 2. The number of nitrogens with two attached hydrogens (primary N) is 1. The highest BCUT2D eigenvalue weighted by Gasteiger charge is 2.20. The number of alkyl halides is 2. The summed E-state index contributed by atoms with van der Waals surface area (Å²) in [5.41, 5.74) is 4.99. The van der Waals surface area contributed by atoms with Crippen molar-refractivity contribution in [1.29, 1.82) is 0 Å². The van der Waals surface area contributed by atoms with Crippen LogP contribution in [0.25, 0.3) is 0 Å². The summed E-state index contributed by atoms with van der Waals surface area (Å²) >= 11 is 0. The normalized spacial score (nSPS) is 10.7. The second kappa shape index (κ2) is 4.20. The predicted molar refractivity (Wildman–Crippen MR) is 49.7 cm³/mol. The quantitative estimate of drug-likeness (QED) is 0.803. The minimum Gasteiger partial charge on any atom is -0.481 e. The van der Waals surface area contributed by atoms with E-state index in [1.54, 1.807) is 0 Å². The van der Waals surface area contributed by atoms with E-state index in [0.29, 0.717) is 0 Å². The summed E-state index contributed by atoms with van der Waals surface area (Å²) in [7, 11) is 0. The van der Waals surface area contributed by atoms with Crippen LogP contribution in [0.2, 0.25) is 0 Å². The van der Waals surface area contributed by atoms with Gasteiger partial charge in [0.05, 0.1) is 18.3 Å². The van der Waals surface area contributed by atoms with Gasteiger partial charge in [-0.3, -0.25) is 9.78 Å². The van der Waals surface area contributed by atoms with Crippen LogP contribution in [0.15, 0.2) is 6.20 Å². The van der Waals surface area contributed by atoms with Gasteiger partial charge in [0.2, 0.25) is 0 Å². The highest BCUT2D eigenvalue weighted by molar-refractivity contribution is 5.72. The Labute approximate surface area is 84.7 Å². The molecule has 0 unspecified atom stereocenters. The van der Waals surface area contributed by atoms with Gasteiger partial charge in [-0.15, -0.1) is 0 Å². The highest BCUT2D eigenvalue weighted by atomic mass is 19.3. The van der Waals surface area contributed by atoms with Gasteiger partial charge in [0.15, 0.2) is 0 Å². The van der Waals surface area contributed by atoms with Crippen LogP contribution in [0.3, 0.4) is 0 Å². The first-order chi connectivity index (χ1) is 6.93. The van der Waals surface area contributed by atoms with Gasteiger partial charge in [0.25, 0.3) is 6.43 Å². The molecule has 0 saturated heterocycles. The Morgan fingerprint density at radius 3 is 2.73 bits per heavy atom. The van der Waals surface area contributed by atoms with Crippen molar-refractivity contribution in [3.63, 3.8) is 0 Å². The fourth-order valence-corrected chi connectivity index (χ4v) is 1.32. The molecular formula is C9H10F2N2O2. The molecule has 0 aromatic carbocycles. The smallest absolute Gasteiger partial charge is 0.307 e. The summed E-state index contributed by atoms with van der Waals surface area (Å²) in [6.07, 6.45) is -2.17. The molecule has 4 nitrogen and oxygen atoms in total. The van der Waals surface area contributed by atoms with Crippen LogP contribution < -0.4 is 5.73 Å². The predicted octanol–water partition coefficient (Wildman–Crippen LogP) is 1.54. The summed E-state index contributed by atoms with van der Waals surface area (Å²) in [6.45, 7) is 1.48. The van der Waals surface area contributed by atoms with Gasteiger partial charge in [-0.25, -0.2) is 8.78 Å².